The van der Waals surface area contributed by atoms with Gasteiger partial charge in [0.25, 0.3) is 0 Å². The monoisotopic (exact) mass is 209 g/mol. The molecule has 0 amide bonds. The molecule has 3 aliphatic rings. The van der Waals surface area contributed by atoms with Gasteiger partial charge >= 0.3 is 0 Å². The standard InChI is InChI=1S/C7H12FNO3S/c8-3-7-1-6(2-7,4-12-7)5-13(9,10)11/h1-5H2,(H2,9,10,11). The lowest BCUT2D eigenvalue weighted by Gasteiger charge is -2.42. The zero-order valence-corrected chi connectivity index (χ0v) is 7.94. The Morgan fingerprint density at radius 1 is 1.46 bits per heavy atom. The van der Waals surface area contributed by atoms with Crippen molar-refractivity contribution in [1.29, 1.82) is 0 Å². The van der Waals surface area contributed by atoms with Crippen LogP contribution >= 0.6 is 0 Å². The number of rotatable bonds is 3. The molecule has 2 heterocycles. The second-order valence-electron chi connectivity index (χ2n) is 4.27. The van der Waals surface area contributed by atoms with Crippen molar-refractivity contribution in [2.45, 2.75) is 18.4 Å². The molecule has 0 aromatic rings. The van der Waals surface area contributed by atoms with Gasteiger partial charge in [0, 0.05) is 5.41 Å². The number of hydrogen-bond acceptors (Lipinski definition) is 3. The first-order valence-corrected chi connectivity index (χ1v) is 5.81. The van der Waals surface area contributed by atoms with Crippen LogP contribution in [0.25, 0.3) is 0 Å². The summed E-state index contributed by atoms with van der Waals surface area (Å²) in [5.74, 6) is -0.0816. The third-order valence-corrected chi connectivity index (χ3v) is 3.84. The van der Waals surface area contributed by atoms with E-state index in [9.17, 15) is 12.8 Å². The van der Waals surface area contributed by atoms with Gasteiger partial charge in [-0.2, -0.15) is 0 Å². The first kappa shape index (κ1) is 9.36. The van der Waals surface area contributed by atoms with E-state index >= 15 is 0 Å². The molecule has 3 rings (SSSR count). The molecule has 6 heteroatoms. The first-order chi connectivity index (χ1) is 5.89. The van der Waals surface area contributed by atoms with Crippen LogP contribution in [-0.2, 0) is 14.8 Å². The maximum absolute atomic E-state index is 12.4. The summed E-state index contributed by atoms with van der Waals surface area (Å²) in [6.07, 6.45) is 0.986. The SMILES string of the molecule is NS(=O)(=O)CC12COC(CF)(C1)C2. The molecule has 1 saturated carbocycles. The van der Waals surface area contributed by atoms with E-state index in [1.54, 1.807) is 0 Å². The fourth-order valence-corrected chi connectivity index (χ4v) is 3.67. The Morgan fingerprint density at radius 3 is 2.46 bits per heavy atom. The molecule has 76 valence electrons. The fourth-order valence-electron chi connectivity index (χ4n) is 2.53. The molecule has 1 aliphatic carbocycles. The van der Waals surface area contributed by atoms with Crippen molar-refractivity contribution in [3.63, 3.8) is 0 Å². The third-order valence-electron chi connectivity index (χ3n) is 2.83. The predicted molar refractivity (Wildman–Crippen MR) is 44.3 cm³/mol. The summed E-state index contributed by atoms with van der Waals surface area (Å²) in [6, 6.07) is 0. The van der Waals surface area contributed by atoms with Crippen LogP contribution in [-0.4, -0.2) is 33.1 Å². The normalized spacial score (nSPS) is 43.2. The number of fused-ring (bicyclic) bond motifs is 1. The van der Waals surface area contributed by atoms with Crippen LogP contribution < -0.4 is 5.14 Å². The maximum atomic E-state index is 12.4. The molecule has 0 radical (unpaired) electrons. The van der Waals surface area contributed by atoms with Gasteiger partial charge in [0.05, 0.1) is 18.0 Å². The summed E-state index contributed by atoms with van der Waals surface area (Å²) in [6.45, 7) is -0.202. The Morgan fingerprint density at radius 2 is 2.08 bits per heavy atom. The van der Waals surface area contributed by atoms with Crippen molar-refractivity contribution in [3.8, 4) is 0 Å². The van der Waals surface area contributed by atoms with Gasteiger partial charge in [-0.25, -0.2) is 17.9 Å². The molecule has 2 saturated heterocycles. The zero-order chi connectivity index (χ0) is 9.74. The van der Waals surface area contributed by atoms with Gasteiger partial charge in [-0.15, -0.1) is 0 Å². The molecule has 0 atom stereocenters. The van der Waals surface area contributed by atoms with Crippen molar-refractivity contribution in [1.82, 2.24) is 0 Å². The van der Waals surface area contributed by atoms with Gasteiger partial charge in [0.1, 0.15) is 6.67 Å². The molecular formula is C7H12FNO3S. The molecule has 0 unspecified atom stereocenters. The van der Waals surface area contributed by atoms with E-state index in [1.165, 1.54) is 0 Å². The van der Waals surface area contributed by atoms with E-state index in [0.29, 0.717) is 19.4 Å². The minimum atomic E-state index is -3.47. The predicted octanol–water partition coefficient (Wildman–Crippen LogP) is -0.206. The molecule has 13 heavy (non-hydrogen) atoms. The highest BCUT2D eigenvalue weighted by Crippen LogP contribution is 2.58. The number of hydrogen-bond donors (Lipinski definition) is 1. The highest BCUT2D eigenvalue weighted by Gasteiger charge is 2.63. The van der Waals surface area contributed by atoms with Gasteiger partial charge in [-0.1, -0.05) is 0 Å². The number of alkyl halides is 1. The minimum Gasteiger partial charge on any atom is -0.372 e. The van der Waals surface area contributed by atoms with Crippen molar-refractivity contribution in [2.24, 2.45) is 10.6 Å². The minimum absolute atomic E-state index is 0.0816. The lowest BCUT2D eigenvalue weighted by molar-refractivity contribution is -0.0307. The molecule has 3 fully saturated rings. The third kappa shape index (κ3) is 1.47. The van der Waals surface area contributed by atoms with Crippen molar-refractivity contribution >= 4 is 10.0 Å². The average Bonchev–Trinajstić information content (AvgIpc) is 2.38. The van der Waals surface area contributed by atoms with E-state index in [-0.39, 0.29) is 11.2 Å². The second-order valence-corrected chi connectivity index (χ2v) is 5.88. The average molecular weight is 209 g/mol. The molecule has 2 aliphatic heterocycles. The molecule has 0 aromatic carbocycles. The van der Waals surface area contributed by atoms with Crippen molar-refractivity contribution in [3.05, 3.63) is 0 Å². The highest BCUT2D eigenvalue weighted by molar-refractivity contribution is 7.89. The highest BCUT2D eigenvalue weighted by atomic mass is 32.2. The first-order valence-electron chi connectivity index (χ1n) is 4.09. The number of halogens is 1. The van der Waals surface area contributed by atoms with Crippen molar-refractivity contribution in [2.75, 3.05) is 19.0 Å². The van der Waals surface area contributed by atoms with Crippen LogP contribution in [0.3, 0.4) is 0 Å². The Labute approximate surface area is 76.3 Å². The number of sulfonamides is 1. The Hall–Kier alpha value is -0.200. The van der Waals surface area contributed by atoms with Gasteiger partial charge in [0.15, 0.2) is 0 Å². The van der Waals surface area contributed by atoms with Crippen LogP contribution in [0.4, 0.5) is 4.39 Å². The fraction of sp³-hybridized carbons (Fsp3) is 1.00. The Balaban J connectivity index is 2.06. The van der Waals surface area contributed by atoms with E-state index in [1.807, 2.05) is 0 Å². The van der Waals surface area contributed by atoms with Crippen LogP contribution in [0.15, 0.2) is 0 Å². The molecule has 2 N–H and O–H groups in total. The van der Waals surface area contributed by atoms with Crippen LogP contribution in [0.5, 0.6) is 0 Å². The largest absolute Gasteiger partial charge is 0.372 e. The lowest BCUT2D eigenvalue weighted by atomic mass is 9.64. The van der Waals surface area contributed by atoms with Crippen LogP contribution in [0.1, 0.15) is 12.8 Å². The van der Waals surface area contributed by atoms with Crippen LogP contribution in [0, 0.1) is 5.41 Å². The van der Waals surface area contributed by atoms with E-state index in [2.05, 4.69) is 0 Å². The van der Waals surface area contributed by atoms with Gasteiger partial charge in [-0.3, -0.25) is 0 Å². The molecule has 4 nitrogen and oxygen atoms in total. The van der Waals surface area contributed by atoms with E-state index in [0.717, 1.165) is 0 Å². The molecule has 0 spiro atoms. The number of nitrogens with two attached hydrogens (primary N) is 1. The summed E-state index contributed by atoms with van der Waals surface area (Å²) in [7, 11) is -3.47. The van der Waals surface area contributed by atoms with Gasteiger partial charge < -0.3 is 4.74 Å². The maximum Gasteiger partial charge on any atom is 0.209 e. The van der Waals surface area contributed by atoms with Crippen LogP contribution in [0.2, 0.25) is 0 Å². The van der Waals surface area contributed by atoms with E-state index in [4.69, 9.17) is 9.88 Å². The molecule has 0 aromatic heterocycles. The van der Waals surface area contributed by atoms with Gasteiger partial charge in [0.2, 0.25) is 10.0 Å². The molecular weight excluding hydrogens is 197 g/mol. The molecule has 2 bridgehead atoms. The quantitative estimate of drug-likeness (QED) is 0.699. The Kier molecular flexibility index (Phi) is 1.75. The Bertz CT molecular complexity index is 321. The van der Waals surface area contributed by atoms with E-state index < -0.39 is 22.3 Å². The summed E-state index contributed by atoms with van der Waals surface area (Å²) in [5.41, 5.74) is -1.07. The number of ether oxygens (including phenoxy) is 1. The smallest absolute Gasteiger partial charge is 0.209 e. The summed E-state index contributed by atoms with van der Waals surface area (Å²) in [4.78, 5) is 0. The zero-order valence-electron chi connectivity index (χ0n) is 7.12. The second kappa shape index (κ2) is 2.43. The summed E-state index contributed by atoms with van der Waals surface area (Å²) < 4.78 is 39.3. The topological polar surface area (TPSA) is 69.4 Å². The van der Waals surface area contributed by atoms with Gasteiger partial charge in [-0.05, 0) is 12.8 Å². The summed E-state index contributed by atoms with van der Waals surface area (Å²) >= 11 is 0. The summed E-state index contributed by atoms with van der Waals surface area (Å²) in [5, 5.41) is 4.93. The lowest BCUT2D eigenvalue weighted by Crippen LogP contribution is -2.49. The van der Waals surface area contributed by atoms with Crippen molar-refractivity contribution < 1.29 is 17.5 Å². The number of primary sulfonamides is 1.